The summed E-state index contributed by atoms with van der Waals surface area (Å²) in [5.41, 5.74) is 1.42. The highest BCUT2D eigenvalue weighted by atomic mass is 32.1. The Labute approximate surface area is 202 Å². The number of benzene rings is 3. The molecule has 0 aliphatic carbocycles. The van der Waals surface area contributed by atoms with E-state index in [4.69, 9.17) is 4.74 Å². The van der Waals surface area contributed by atoms with Gasteiger partial charge in [0.15, 0.2) is 0 Å². The van der Waals surface area contributed by atoms with Gasteiger partial charge in [0.05, 0.1) is 10.1 Å². The van der Waals surface area contributed by atoms with Crippen LogP contribution in [-0.4, -0.2) is 9.86 Å². The highest BCUT2D eigenvalue weighted by Crippen LogP contribution is 2.25. The van der Waals surface area contributed by atoms with Crippen LogP contribution < -0.4 is 15.6 Å². The van der Waals surface area contributed by atoms with E-state index in [0.29, 0.717) is 29.0 Å². The number of fused-ring (bicyclic) bond motifs is 1. The number of hydrogen-bond acceptors (Lipinski definition) is 4. The molecule has 0 fully saturated rings. The zero-order chi connectivity index (χ0) is 23.9. The van der Waals surface area contributed by atoms with E-state index < -0.39 is 6.04 Å². The van der Waals surface area contributed by atoms with Crippen molar-refractivity contribution in [2.75, 3.05) is 5.32 Å². The Morgan fingerprint density at radius 2 is 1.71 bits per heavy atom. The van der Waals surface area contributed by atoms with Crippen molar-refractivity contribution in [3.63, 3.8) is 0 Å². The van der Waals surface area contributed by atoms with Crippen molar-refractivity contribution in [2.45, 2.75) is 12.5 Å². The van der Waals surface area contributed by atoms with Gasteiger partial charge in [0.1, 0.15) is 17.6 Å². The predicted octanol–water partition coefficient (Wildman–Crippen LogP) is 6.12. The second-order valence-electron chi connectivity index (χ2n) is 7.55. The first kappa shape index (κ1) is 23.0. The predicted molar refractivity (Wildman–Crippen MR) is 139 cm³/mol. The summed E-state index contributed by atoms with van der Waals surface area (Å²) in [5.74, 6) is 0.913. The van der Waals surface area contributed by atoms with E-state index in [1.807, 2.05) is 48.5 Å². The minimum absolute atomic E-state index is 0.161. The molecular weight excluding hydrogens is 444 g/mol. The molecule has 1 unspecified atom stereocenters. The largest absolute Gasteiger partial charge is 0.457 e. The third-order valence-electron chi connectivity index (χ3n) is 5.21. The van der Waals surface area contributed by atoms with Crippen LogP contribution >= 0.6 is 11.5 Å². The average Bonchev–Trinajstić information content (AvgIpc) is 3.20. The normalized spacial score (nSPS) is 12.2. The van der Waals surface area contributed by atoms with E-state index in [0.717, 1.165) is 10.3 Å². The lowest BCUT2D eigenvalue weighted by Crippen LogP contribution is -2.31. The first-order valence-corrected chi connectivity index (χ1v) is 11.5. The maximum absolute atomic E-state index is 13.4. The van der Waals surface area contributed by atoms with Crippen LogP contribution in [0.15, 0.2) is 121 Å². The number of anilines is 1. The van der Waals surface area contributed by atoms with Crippen LogP contribution in [0.3, 0.4) is 0 Å². The molecule has 1 heterocycles. The first-order chi connectivity index (χ1) is 16.6. The van der Waals surface area contributed by atoms with E-state index in [1.54, 1.807) is 52.5 Å². The fourth-order valence-corrected chi connectivity index (χ4v) is 4.63. The topological polar surface area (TPSA) is 60.3 Å². The van der Waals surface area contributed by atoms with Crippen molar-refractivity contribution in [1.82, 2.24) is 3.96 Å². The molecule has 6 heteroatoms. The van der Waals surface area contributed by atoms with Crippen molar-refractivity contribution >= 4 is 33.2 Å². The van der Waals surface area contributed by atoms with Crippen LogP contribution in [0.5, 0.6) is 5.75 Å². The van der Waals surface area contributed by atoms with Crippen LogP contribution in [0.2, 0.25) is 0 Å². The number of hydrogen-bond donors (Lipinski definition) is 1. The number of amides is 1. The van der Waals surface area contributed by atoms with Gasteiger partial charge in [-0.15, -0.1) is 0 Å². The van der Waals surface area contributed by atoms with E-state index in [2.05, 4.69) is 18.5 Å². The van der Waals surface area contributed by atoms with Crippen LogP contribution in [0, 0.1) is 0 Å². The van der Waals surface area contributed by atoms with Gasteiger partial charge >= 0.3 is 0 Å². The molecule has 0 aliphatic rings. The van der Waals surface area contributed by atoms with Gasteiger partial charge < -0.3 is 10.1 Å². The lowest BCUT2D eigenvalue weighted by molar-refractivity contribution is -0.119. The molecule has 34 heavy (non-hydrogen) atoms. The van der Waals surface area contributed by atoms with E-state index in [1.165, 1.54) is 11.5 Å². The van der Waals surface area contributed by atoms with Crippen molar-refractivity contribution in [3.8, 4) is 5.75 Å². The van der Waals surface area contributed by atoms with E-state index in [9.17, 15) is 9.59 Å². The van der Waals surface area contributed by atoms with Crippen molar-refractivity contribution in [3.05, 3.63) is 132 Å². The number of rotatable bonds is 9. The second kappa shape index (κ2) is 10.6. The first-order valence-electron chi connectivity index (χ1n) is 10.8. The third-order valence-corrected chi connectivity index (χ3v) is 6.38. The quantitative estimate of drug-likeness (QED) is 0.238. The number of carbonyl (C=O) groups excluding carboxylic acids is 1. The molecule has 0 saturated carbocycles. The summed E-state index contributed by atoms with van der Waals surface area (Å²) in [6, 6.07) is 23.4. The molecule has 5 nitrogen and oxygen atoms in total. The summed E-state index contributed by atoms with van der Waals surface area (Å²) in [6.45, 7) is 7.37. The van der Waals surface area contributed by atoms with Crippen LogP contribution in [0.1, 0.15) is 11.6 Å². The summed E-state index contributed by atoms with van der Waals surface area (Å²) < 4.78 is 8.15. The maximum atomic E-state index is 13.4. The summed E-state index contributed by atoms with van der Waals surface area (Å²) in [6.07, 6.45) is 5.32. The van der Waals surface area contributed by atoms with Crippen molar-refractivity contribution in [1.29, 1.82) is 0 Å². The SMILES string of the molecule is C=C/C=C(\C=C)Oc1ccc(NC(=O)C(Cc2ccccc2)n2sc3ccccc3c2=O)cc1. The Morgan fingerprint density at radius 1 is 1.00 bits per heavy atom. The molecule has 0 aliphatic heterocycles. The minimum Gasteiger partial charge on any atom is -0.457 e. The Morgan fingerprint density at radius 3 is 2.38 bits per heavy atom. The van der Waals surface area contributed by atoms with Crippen molar-refractivity contribution < 1.29 is 9.53 Å². The summed E-state index contributed by atoms with van der Waals surface area (Å²) in [7, 11) is 0. The molecule has 1 atom stereocenters. The molecule has 1 amide bonds. The molecule has 1 aromatic heterocycles. The zero-order valence-corrected chi connectivity index (χ0v) is 19.3. The van der Waals surface area contributed by atoms with Gasteiger partial charge in [0.2, 0.25) is 5.91 Å². The lowest BCUT2D eigenvalue weighted by atomic mass is 10.1. The Bertz CT molecular complexity index is 1400. The number of nitrogens with zero attached hydrogens (tertiary/aromatic N) is 1. The standard InChI is InChI=1S/C28H24N2O3S/c1-3-10-22(4-2)33-23-17-15-21(16-18-23)29-27(31)25(19-20-11-6-5-7-12-20)30-28(32)24-13-8-9-14-26(24)34-30/h3-18,25H,1-2,19H2,(H,29,31)/b22-10+. The van der Waals surface area contributed by atoms with Crippen LogP contribution in [0.4, 0.5) is 5.69 Å². The molecular formula is C28H24N2O3S. The van der Waals surface area contributed by atoms with Gasteiger partial charge in [-0.05, 0) is 54.1 Å². The van der Waals surface area contributed by atoms with Gasteiger partial charge in [-0.25, -0.2) is 0 Å². The van der Waals surface area contributed by atoms with Gasteiger partial charge in [-0.2, -0.15) is 0 Å². The van der Waals surface area contributed by atoms with E-state index in [-0.39, 0.29) is 11.5 Å². The maximum Gasteiger partial charge on any atom is 0.269 e. The highest BCUT2D eigenvalue weighted by Gasteiger charge is 2.25. The Kier molecular flexibility index (Phi) is 7.20. The smallest absolute Gasteiger partial charge is 0.269 e. The summed E-state index contributed by atoms with van der Waals surface area (Å²) in [5, 5.41) is 3.57. The summed E-state index contributed by atoms with van der Waals surface area (Å²) >= 11 is 1.31. The molecule has 4 rings (SSSR count). The zero-order valence-electron chi connectivity index (χ0n) is 18.5. The molecule has 1 N–H and O–H groups in total. The number of aromatic nitrogens is 1. The van der Waals surface area contributed by atoms with Crippen LogP contribution in [-0.2, 0) is 11.2 Å². The minimum atomic E-state index is -0.689. The lowest BCUT2D eigenvalue weighted by Gasteiger charge is -2.17. The van der Waals surface area contributed by atoms with E-state index >= 15 is 0 Å². The van der Waals surface area contributed by atoms with Crippen LogP contribution in [0.25, 0.3) is 10.1 Å². The molecule has 4 aromatic rings. The molecule has 0 radical (unpaired) electrons. The summed E-state index contributed by atoms with van der Waals surface area (Å²) in [4.78, 5) is 26.5. The second-order valence-corrected chi connectivity index (χ2v) is 8.56. The molecule has 0 saturated heterocycles. The molecule has 3 aromatic carbocycles. The third kappa shape index (κ3) is 5.24. The number of ether oxygens (including phenoxy) is 1. The molecule has 0 bridgehead atoms. The monoisotopic (exact) mass is 468 g/mol. The fourth-order valence-electron chi connectivity index (χ4n) is 3.54. The Balaban J connectivity index is 1.60. The fraction of sp³-hybridized carbons (Fsp3) is 0.0714. The number of allylic oxidation sites excluding steroid dienone is 3. The van der Waals surface area contributed by atoms with Gasteiger partial charge in [0.25, 0.3) is 5.56 Å². The average molecular weight is 469 g/mol. The Hall–Kier alpha value is -4.16. The number of carbonyl (C=O) groups is 1. The highest BCUT2D eigenvalue weighted by molar-refractivity contribution is 7.14. The molecule has 0 spiro atoms. The van der Waals surface area contributed by atoms with Gasteiger partial charge in [0, 0.05) is 12.1 Å². The van der Waals surface area contributed by atoms with Gasteiger partial charge in [-0.1, -0.05) is 73.2 Å². The van der Waals surface area contributed by atoms with Crippen molar-refractivity contribution in [2.24, 2.45) is 0 Å². The van der Waals surface area contributed by atoms with Gasteiger partial charge in [-0.3, -0.25) is 13.5 Å². The number of nitrogens with one attached hydrogen (secondary N) is 1. The molecule has 170 valence electrons.